The number of carbonyl (C=O) groups is 2. The molecule has 0 aromatic heterocycles. The zero-order valence-electron chi connectivity index (χ0n) is 12.1. The van der Waals surface area contributed by atoms with Gasteiger partial charge in [-0.2, -0.15) is 0 Å². The normalized spacial score (nSPS) is 22.7. The molecule has 0 bridgehead atoms. The van der Waals surface area contributed by atoms with Gasteiger partial charge in [0.1, 0.15) is 11.8 Å². The average Bonchev–Trinajstić information content (AvgIpc) is 2.86. The van der Waals surface area contributed by atoms with E-state index in [1.54, 1.807) is 12.1 Å². The Labute approximate surface area is 124 Å². The Hall–Kier alpha value is -2.04. The van der Waals surface area contributed by atoms with Crippen molar-refractivity contribution >= 4 is 11.9 Å². The number of amides is 1. The smallest absolute Gasteiger partial charge is 0.326 e. The highest BCUT2D eigenvalue weighted by molar-refractivity contribution is 5.85. The Bertz CT molecular complexity index is 512. The molecule has 1 amide bonds. The Kier molecular flexibility index (Phi) is 4.83. The Morgan fingerprint density at radius 2 is 1.95 bits per heavy atom. The van der Waals surface area contributed by atoms with E-state index in [1.165, 1.54) is 12.1 Å². The van der Waals surface area contributed by atoms with Crippen molar-refractivity contribution in [1.29, 1.82) is 0 Å². The van der Waals surface area contributed by atoms with Crippen LogP contribution in [0.25, 0.3) is 0 Å². The summed E-state index contributed by atoms with van der Waals surface area (Å²) >= 11 is 0. The molecule has 0 heterocycles. The van der Waals surface area contributed by atoms with E-state index in [2.05, 4.69) is 5.32 Å². The summed E-state index contributed by atoms with van der Waals surface area (Å²) < 4.78 is 0. The topological polar surface area (TPSA) is 86.6 Å². The van der Waals surface area contributed by atoms with Gasteiger partial charge in [-0.05, 0) is 36.5 Å². The van der Waals surface area contributed by atoms with Crippen LogP contribution in [0.1, 0.15) is 31.7 Å². The molecule has 0 aliphatic heterocycles. The molecule has 21 heavy (non-hydrogen) atoms. The molecule has 3 N–H and O–H groups in total. The molecule has 114 valence electrons. The van der Waals surface area contributed by atoms with E-state index in [0.29, 0.717) is 5.92 Å². The fourth-order valence-corrected chi connectivity index (χ4v) is 2.88. The van der Waals surface area contributed by atoms with Crippen LogP contribution in [0.4, 0.5) is 0 Å². The Balaban J connectivity index is 2.00. The first-order valence-electron chi connectivity index (χ1n) is 7.28. The molecule has 5 heteroatoms. The zero-order valence-corrected chi connectivity index (χ0v) is 12.1. The molecule has 1 fully saturated rings. The van der Waals surface area contributed by atoms with Gasteiger partial charge in [-0.3, -0.25) is 4.79 Å². The van der Waals surface area contributed by atoms with Gasteiger partial charge in [0.2, 0.25) is 5.91 Å². The molecule has 1 saturated carbocycles. The summed E-state index contributed by atoms with van der Waals surface area (Å²) in [6.07, 6.45) is 3.09. The summed E-state index contributed by atoms with van der Waals surface area (Å²) in [5.74, 6) is -0.831. The SMILES string of the molecule is CC1CCCC1C(=O)N[C@H](Cc1ccc(O)cc1)C(=O)O. The largest absolute Gasteiger partial charge is 0.508 e. The molecule has 5 nitrogen and oxygen atoms in total. The summed E-state index contributed by atoms with van der Waals surface area (Å²) in [5, 5.41) is 21.2. The first kappa shape index (κ1) is 15.4. The summed E-state index contributed by atoms with van der Waals surface area (Å²) in [4.78, 5) is 23.5. The summed E-state index contributed by atoms with van der Waals surface area (Å²) in [7, 11) is 0. The molecule has 1 aliphatic rings. The second-order valence-electron chi connectivity index (χ2n) is 5.78. The van der Waals surface area contributed by atoms with Gasteiger partial charge in [-0.25, -0.2) is 4.79 Å². The van der Waals surface area contributed by atoms with E-state index >= 15 is 0 Å². The lowest BCUT2D eigenvalue weighted by molar-refractivity contribution is -0.142. The number of phenolic OH excluding ortho intramolecular Hbond substituents is 1. The fourth-order valence-electron chi connectivity index (χ4n) is 2.88. The van der Waals surface area contributed by atoms with Gasteiger partial charge < -0.3 is 15.5 Å². The second-order valence-corrected chi connectivity index (χ2v) is 5.78. The number of benzene rings is 1. The van der Waals surface area contributed by atoms with E-state index in [9.17, 15) is 19.8 Å². The van der Waals surface area contributed by atoms with Crippen molar-refractivity contribution in [2.45, 2.75) is 38.6 Å². The lowest BCUT2D eigenvalue weighted by atomic mass is 9.96. The van der Waals surface area contributed by atoms with Crippen LogP contribution in [-0.2, 0) is 16.0 Å². The second kappa shape index (κ2) is 6.61. The Morgan fingerprint density at radius 1 is 1.29 bits per heavy atom. The van der Waals surface area contributed by atoms with Crippen molar-refractivity contribution in [2.75, 3.05) is 0 Å². The van der Waals surface area contributed by atoms with E-state index in [-0.39, 0.29) is 24.0 Å². The number of rotatable bonds is 5. The quantitative estimate of drug-likeness (QED) is 0.773. The van der Waals surface area contributed by atoms with Gasteiger partial charge in [0.25, 0.3) is 0 Å². The molecule has 0 spiro atoms. The molecule has 1 aliphatic carbocycles. The third-order valence-electron chi connectivity index (χ3n) is 4.19. The number of hydrogen-bond acceptors (Lipinski definition) is 3. The molecule has 0 saturated heterocycles. The maximum absolute atomic E-state index is 12.2. The standard InChI is InChI=1S/C16H21NO4/c1-10-3-2-4-13(10)15(19)17-14(16(20)21)9-11-5-7-12(18)8-6-11/h5-8,10,13-14,18H,2-4,9H2,1H3,(H,17,19)(H,20,21)/t10?,13?,14-/m1/s1. The summed E-state index contributed by atoms with van der Waals surface area (Å²) in [6, 6.07) is 5.41. The minimum atomic E-state index is -1.04. The van der Waals surface area contributed by atoms with E-state index in [1.807, 2.05) is 6.92 Å². The first-order chi connectivity index (χ1) is 9.97. The predicted molar refractivity (Wildman–Crippen MR) is 77.9 cm³/mol. The lowest BCUT2D eigenvalue weighted by Crippen LogP contribution is -2.45. The van der Waals surface area contributed by atoms with Crippen molar-refractivity contribution in [3.8, 4) is 5.75 Å². The van der Waals surface area contributed by atoms with Crippen molar-refractivity contribution in [3.63, 3.8) is 0 Å². The number of hydrogen-bond donors (Lipinski definition) is 3. The van der Waals surface area contributed by atoms with Gasteiger partial charge in [0.15, 0.2) is 0 Å². The van der Waals surface area contributed by atoms with Crippen molar-refractivity contribution in [2.24, 2.45) is 11.8 Å². The Morgan fingerprint density at radius 3 is 2.48 bits per heavy atom. The third-order valence-corrected chi connectivity index (χ3v) is 4.19. The van der Waals surface area contributed by atoms with Crippen LogP contribution < -0.4 is 5.32 Å². The fraction of sp³-hybridized carbons (Fsp3) is 0.500. The number of carbonyl (C=O) groups excluding carboxylic acids is 1. The zero-order chi connectivity index (χ0) is 15.4. The van der Waals surface area contributed by atoms with Gasteiger partial charge in [-0.15, -0.1) is 0 Å². The van der Waals surface area contributed by atoms with E-state index in [4.69, 9.17) is 0 Å². The minimum Gasteiger partial charge on any atom is -0.508 e. The number of aliphatic carboxylic acids is 1. The van der Waals surface area contributed by atoms with Crippen LogP contribution in [0, 0.1) is 11.8 Å². The minimum absolute atomic E-state index is 0.0772. The van der Waals surface area contributed by atoms with Crippen LogP contribution in [0.2, 0.25) is 0 Å². The first-order valence-corrected chi connectivity index (χ1v) is 7.28. The highest BCUT2D eigenvalue weighted by Gasteiger charge is 2.32. The lowest BCUT2D eigenvalue weighted by Gasteiger charge is -2.20. The highest BCUT2D eigenvalue weighted by atomic mass is 16.4. The number of nitrogens with one attached hydrogen (secondary N) is 1. The molecule has 2 rings (SSSR count). The van der Waals surface area contributed by atoms with E-state index in [0.717, 1.165) is 24.8 Å². The molecule has 1 aromatic rings. The molecular formula is C16H21NO4. The highest BCUT2D eigenvalue weighted by Crippen LogP contribution is 2.31. The number of phenols is 1. The molecular weight excluding hydrogens is 270 g/mol. The molecule has 3 atom stereocenters. The maximum Gasteiger partial charge on any atom is 0.326 e. The van der Waals surface area contributed by atoms with Crippen LogP contribution in [0.3, 0.4) is 0 Å². The molecule has 0 radical (unpaired) electrons. The average molecular weight is 291 g/mol. The number of aromatic hydroxyl groups is 1. The predicted octanol–water partition coefficient (Wildman–Crippen LogP) is 1.94. The van der Waals surface area contributed by atoms with Gasteiger partial charge >= 0.3 is 5.97 Å². The third kappa shape index (κ3) is 3.97. The van der Waals surface area contributed by atoms with Crippen molar-refractivity contribution in [1.82, 2.24) is 5.32 Å². The molecule has 1 aromatic carbocycles. The van der Waals surface area contributed by atoms with Crippen LogP contribution in [0.15, 0.2) is 24.3 Å². The van der Waals surface area contributed by atoms with Crippen molar-refractivity contribution < 1.29 is 19.8 Å². The van der Waals surface area contributed by atoms with Gasteiger partial charge in [0, 0.05) is 12.3 Å². The number of carboxylic acid groups (broad SMARTS) is 1. The molecule has 2 unspecified atom stereocenters. The van der Waals surface area contributed by atoms with Crippen LogP contribution in [-0.4, -0.2) is 28.1 Å². The van der Waals surface area contributed by atoms with E-state index < -0.39 is 12.0 Å². The van der Waals surface area contributed by atoms with Crippen LogP contribution >= 0.6 is 0 Å². The van der Waals surface area contributed by atoms with Crippen LogP contribution in [0.5, 0.6) is 5.75 Å². The monoisotopic (exact) mass is 291 g/mol. The summed E-state index contributed by atoms with van der Waals surface area (Å²) in [5.41, 5.74) is 0.764. The summed E-state index contributed by atoms with van der Waals surface area (Å²) in [6.45, 7) is 2.03. The van der Waals surface area contributed by atoms with Gasteiger partial charge in [0.05, 0.1) is 0 Å². The van der Waals surface area contributed by atoms with Crippen molar-refractivity contribution in [3.05, 3.63) is 29.8 Å². The maximum atomic E-state index is 12.2. The number of carboxylic acids is 1. The van der Waals surface area contributed by atoms with Gasteiger partial charge in [-0.1, -0.05) is 25.5 Å².